The summed E-state index contributed by atoms with van der Waals surface area (Å²) in [6, 6.07) is 47.2. The van der Waals surface area contributed by atoms with E-state index in [4.69, 9.17) is 19.7 Å². The van der Waals surface area contributed by atoms with Crippen molar-refractivity contribution < 1.29 is 19.1 Å². The second kappa shape index (κ2) is 16.2. The van der Waals surface area contributed by atoms with Crippen LogP contribution in [-0.4, -0.2) is 34.7 Å². The van der Waals surface area contributed by atoms with Crippen LogP contribution in [-0.2, 0) is 33.5 Å². The van der Waals surface area contributed by atoms with Crippen LogP contribution in [0.25, 0.3) is 11.1 Å². The molecule has 0 N–H and O–H groups in total. The molecule has 5 aromatic carbocycles. The molecule has 2 heterocycles. The van der Waals surface area contributed by atoms with Gasteiger partial charge in [0.15, 0.2) is 11.4 Å². The van der Waals surface area contributed by atoms with Gasteiger partial charge in [0.1, 0.15) is 5.82 Å². The highest BCUT2D eigenvalue weighted by atomic mass is 16.5. The molecule has 0 spiro atoms. The van der Waals surface area contributed by atoms with E-state index in [-0.39, 0.29) is 24.6 Å². The van der Waals surface area contributed by atoms with Gasteiger partial charge in [-0.15, -0.1) is 10.2 Å². The molecule has 0 saturated carbocycles. The maximum atomic E-state index is 13.3. The smallest absolute Gasteiger partial charge is 0.359 e. The average Bonchev–Trinajstić information content (AvgIpc) is 3.87. The first-order valence-electron chi connectivity index (χ1n) is 18.6. The number of aromatic nitrogens is 2. The molecular formula is C45H42N6O4. The Morgan fingerprint density at radius 3 is 1.67 bits per heavy atom. The van der Waals surface area contributed by atoms with Crippen molar-refractivity contribution in [3.63, 3.8) is 0 Å². The van der Waals surface area contributed by atoms with Crippen molar-refractivity contribution in [3.8, 4) is 11.1 Å². The molecule has 55 heavy (non-hydrogen) atoms. The standard InChI is InChI=1S/C45H42N6O4/c1-4-18-39-46-40(42(52)54-5-2)41(43(53)55-6-3)51(39)31-32-27-29-33(30-28-32)37-25-16-17-26-38(37)45(47-49-50-48-45)44(34-19-10-7-11-20-34,35-21-12-8-13-22-35)36-23-14-9-15-24-36/h7-17,19-30H,4-6,18,31H2,1-3H3. The highest BCUT2D eigenvalue weighted by Crippen LogP contribution is 2.58. The molecule has 0 fully saturated rings. The van der Waals surface area contributed by atoms with Crippen molar-refractivity contribution in [3.05, 3.63) is 185 Å². The third-order valence-corrected chi connectivity index (χ3v) is 9.93. The van der Waals surface area contributed by atoms with Crippen LogP contribution >= 0.6 is 0 Å². The van der Waals surface area contributed by atoms with Crippen LogP contribution in [0.15, 0.2) is 160 Å². The molecule has 0 amide bonds. The van der Waals surface area contributed by atoms with Crippen molar-refractivity contribution >= 4 is 11.9 Å². The Morgan fingerprint density at radius 2 is 1.15 bits per heavy atom. The molecule has 6 aromatic rings. The first kappa shape index (κ1) is 36.8. The maximum absolute atomic E-state index is 13.3. The molecule has 1 aliphatic heterocycles. The van der Waals surface area contributed by atoms with Gasteiger partial charge in [-0.3, -0.25) is 0 Å². The van der Waals surface area contributed by atoms with Crippen LogP contribution in [0.4, 0.5) is 0 Å². The minimum Gasteiger partial charge on any atom is -0.461 e. The Hall–Kier alpha value is -6.55. The number of carbonyl (C=O) groups excluding carboxylic acids is 2. The summed E-state index contributed by atoms with van der Waals surface area (Å²) in [7, 11) is 0. The first-order valence-corrected chi connectivity index (χ1v) is 18.6. The van der Waals surface area contributed by atoms with E-state index in [1.54, 1.807) is 18.4 Å². The molecule has 1 aliphatic rings. The highest BCUT2D eigenvalue weighted by Gasteiger charge is 2.60. The summed E-state index contributed by atoms with van der Waals surface area (Å²) >= 11 is 0. The zero-order chi connectivity index (χ0) is 38.3. The number of nitrogens with zero attached hydrogens (tertiary/aromatic N) is 6. The molecule has 0 radical (unpaired) electrons. The van der Waals surface area contributed by atoms with E-state index in [0.29, 0.717) is 18.8 Å². The van der Waals surface area contributed by atoms with Gasteiger partial charge in [-0.05, 0) is 64.1 Å². The van der Waals surface area contributed by atoms with Gasteiger partial charge < -0.3 is 14.0 Å². The Labute approximate surface area is 320 Å². The van der Waals surface area contributed by atoms with Crippen molar-refractivity contribution in [2.75, 3.05) is 13.2 Å². The Balaban J connectivity index is 1.37. The van der Waals surface area contributed by atoms with Gasteiger partial charge in [0.05, 0.1) is 18.6 Å². The molecule has 1 aromatic heterocycles. The third kappa shape index (κ3) is 6.65. The fourth-order valence-electron chi connectivity index (χ4n) is 7.66. The number of esters is 2. The zero-order valence-electron chi connectivity index (χ0n) is 31.1. The number of hydrogen-bond acceptors (Lipinski definition) is 9. The second-order valence-electron chi connectivity index (χ2n) is 13.1. The van der Waals surface area contributed by atoms with Gasteiger partial charge in [0.25, 0.3) is 0 Å². The largest absolute Gasteiger partial charge is 0.461 e. The molecule has 7 rings (SSSR count). The van der Waals surface area contributed by atoms with Gasteiger partial charge in [-0.1, -0.05) is 146 Å². The molecular weight excluding hydrogens is 689 g/mol. The van der Waals surface area contributed by atoms with Crippen LogP contribution in [0.1, 0.15) is 81.8 Å². The summed E-state index contributed by atoms with van der Waals surface area (Å²) in [5.74, 6) is -0.655. The predicted octanol–water partition coefficient (Wildman–Crippen LogP) is 9.92. The van der Waals surface area contributed by atoms with Crippen molar-refractivity contribution in [2.45, 2.75) is 51.2 Å². The van der Waals surface area contributed by atoms with Gasteiger partial charge in [-0.25, -0.2) is 14.6 Å². The van der Waals surface area contributed by atoms with Gasteiger partial charge in [-0.2, -0.15) is 0 Å². The fraction of sp³-hybridized carbons (Fsp3) is 0.222. The minimum atomic E-state index is -1.34. The van der Waals surface area contributed by atoms with E-state index in [1.807, 2.05) is 97.9 Å². The lowest BCUT2D eigenvalue weighted by molar-refractivity contribution is 0.0467. The molecule has 10 heteroatoms. The lowest BCUT2D eigenvalue weighted by Gasteiger charge is -2.45. The average molecular weight is 731 g/mol. The molecule has 276 valence electrons. The fourth-order valence-corrected chi connectivity index (χ4v) is 7.66. The second-order valence-corrected chi connectivity index (χ2v) is 13.1. The summed E-state index contributed by atoms with van der Waals surface area (Å²) in [5, 5.41) is 18.5. The van der Waals surface area contributed by atoms with Crippen LogP contribution < -0.4 is 0 Å². The number of imidazole rings is 1. The Morgan fingerprint density at radius 1 is 0.636 bits per heavy atom. The summed E-state index contributed by atoms with van der Waals surface area (Å²) in [6.07, 6.45) is 1.33. The van der Waals surface area contributed by atoms with Gasteiger partial charge in [0.2, 0.25) is 5.66 Å². The van der Waals surface area contributed by atoms with Crippen molar-refractivity contribution in [1.29, 1.82) is 0 Å². The molecule has 0 unspecified atom stereocenters. The van der Waals surface area contributed by atoms with Gasteiger partial charge in [0, 0.05) is 18.5 Å². The van der Waals surface area contributed by atoms with Gasteiger partial charge >= 0.3 is 11.9 Å². The summed E-state index contributed by atoms with van der Waals surface area (Å²) in [4.78, 5) is 30.9. The quantitative estimate of drug-likeness (QED) is 0.0816. The molecule has 10 nitrogen and oxygen atoms in total. The third-order valence-electron chi connectivity index (χ3n) is 9.93. The van der Waals surface area contributed by atoms with E-state index < -0.39 is 23.0 Å². The zero-order valence-corrected chi connectivity index (χ0v) is 31.1. The lowest BCUT2D eigenvalue weighted by atomic mass is 9.59. The minimum absolute atomic E-state index is 0.0294. The van der Waals surface area contributed by atoms with E-state index in [1.165, 1.54) is 0 Å². The first-order chi connectivity index (χ1) is 27.0. The molecule has 0 bridgehead atoms. The lowest BCUT2D eigenvalue weighted by Crippen LogP contribution is -2.48. The number of rotatable bonds is 14. The number of benzene rings is 5. The van der Waals surface area contributed by atoms with Crippen LogP contribution in [0.5, 0.6) is 0 Å². The Bertz CT molecular complexity index is 2210. The summed E-state index contributed by atoms with van der Waals surface area (Å²) in [5.41, 5.74) is 4.27. The molecule has 0 aliphatic carbocycles. The molecule has 0 atom stereocenters. The van der Waals surface area contributed by atoms with Crippen molar-refractivity contribution in [1.82, 2.24) is 9.55 Å². The van der Waals surface area contributed by atoms with E-state index in [9.17, 15) is 9.59 Å². The Kier molecular flexibility index (Phi) is 10.8. The SMILES string of the molecule is CCCc1nc(C(=O)OCC)c(C(=O)OCC)n1Cc1ccc(-c2ccccc2C2(C(c3ccccc3)(c3ccccc3)c3ccccc3)N=NN=N2)cc1. The number of carbonyl (C=O) groups is 2. The van der Waals surface area contributed by atoms with Crippen LogP contribution in [0.3, 0.4) is 0 Å². The van der Waals surface area contributed by atoms with E-state index >= 15 is 0 Å². The highest BCUT2D eigenvalue weighted by molar-refractivity contribution is 6.01. The summed E-state index contributed by atoms with van der Waals surface area (Å²) in [6.45, 7) is 6.09. The predicted molar refractivity (Wildman–Crippen MR) is 210 cm³/mol. The summed E-state index contributed by atoms with van der Waals surface area (Å²) < 4.78 is 12.5. The molecule has 0 saturated heterocycles. The van der Waals surface area contributed by atoms with Crippen LogP contribution in [0, 0.1) is 0 Å². The van der Waals surface area contributed by atoms with Crippen molar-refractivity contribution in [2.24, 2.45) is 20.7 Å². The topological polar surface area (TPSA) is 120 Å². The van der Waals surface area contributed by atoms with E-state index in [2.05, 4.69) is 64.0 Å². The maximum Gasteiger partial charge on any atom is 0.359 e. The number of aryl methyl sites for hydroxylation is 1. The monoisotopic (exact) mass is 730 g/mol. The normalized spacial score (nSPS) is 13.1. The number of hydrogen-bond donors (Lipinski definition) is 0. The number of ether oxygens (including phenoxy) is 2. The van der Waals surface area contributed by atoms with Crippen LogP contribution in [0.2, 0.25) is 0 Å². The van der Waals surface area contributed by atoms with E-state index in [0.717, 1.165) is 45.4 Å².